The Labute approximate surface area is 180 Å². The molecule has 2 aromatic heterocycles. The minimum absolute atomic E-state index is 0.0292. The van der Waals surface area contributed by atoms with Gasteiger partial charge in [-0.25, -0.2) is 0 Å². The Balaban J connectivity index is 1.60. The Morgan fingerprint density at radius 3 is 2.52 bits per heavy atom. The van der Waals surface area contributed by atoms with Crippen LogP contribution in [-0.2, 0) is 4.74 Å². The number of ether oxygens (including phenoxy) is 1. The molecule has 1 aromatic carbocycles. The predicted molar refractivity (Wildman–Crippen MR) is 117 cm³/mol. The summed E-state index contributed by atoms with van der Waals surface area (Å²) in [6.07, 6.45) is 3.25. The van der Waals surface area contributed by atoms with Gasteiger partial charge in [0.05, 0.1) is 17.8 Å². The standard InChI is InChI=1S/C24H25N3O4/c1-5-17-6-8-18(9-7-17)22-21(16(4)31-26-22)23(28)19-10-20(25-11-19)24(29)27-12-14(2)30-15(3)13-27/h5-11,14-15,25H,1,12-13H2,2-4H3. The lowest BCUT2D eigenvalue weighted by atomic mass is 9.99. The summed E-state index contributed by atoms with van der Waals surface area (Å²) in [5.41, 5.74) is 3.36. The van der Waals surface area contributed by atoms with Crippen molar-refractivity contribution in [3.63, 3.8) is 0 Å². The van der Waals surface area contributed by atoms with Gasteiger partial charge in [-0.15, -0.1) is 0 Å². The molecule has 3 aromatic rings. The van der Waals surface area contributed by atoms with Crippen LogP contribution in [0, 0.1) is 6.92 Å². The molecule has 0 radical (unpaired) electrons. The molecule has 3 heterocycles. The van der Waals surface area contributed by atoms with Gasteiger partial charge in [-0.1, -0.05) is 42.1 Å². The van der Waals surface area contributed by atoms with Crippen LogP contribution in [0.2, 0.25) is 0 Å². The molecule has 1 saturated heterocycles. The van der Waals surface area contributed by atoms with Gasteiger partial charge in [0.2, 0.25) is 0 Å². The molecule has 0 spiro atoms. The number of nitrogens with zero attached hydrogens (tertiary/aromatic N) is 2. The van der Waals surface area contributed by atoms with Gasteiger partial charge in [0.15, 0.2) is 5.78 Å². The van der Waals surface area contributed by atoms with Gasteiger partial charge >= 0.3 is 0 Å². The molecule has 0 aliphatic carbocycles. The van der Waals surface area contributed by atoms with Crippen LogP contribution >= 0.6 is 0 Å². The lowest BCUT2D eigenvalue weighted by Crippen LogP contribution is -2.48. The van der Waals surface area contributed by atoms with E-state index in [9.17, 15) is 9.59 Å². The van der Waals surface area contributed by atoms with Crippen LogP contribution in [0.15, 0.2) is 47.6 Å². The Morgan fingerprint density at radius 1 is 1.19 bits per heavy atom. The molecule has 2 atom stereocenters. The summed E-state index contributed by atoms with van der Waals surface area (Å²) in [6, 6.07) is 9.14. The molecule has 1 amide bonds. The van der Waals surface area contributed by atoms with E-state index < -0.39 is 0 Å². The van der Waals surface area contributed by atoms with Crippen LogP contribution in [0.4, 0.5) is 0 Å². The molecule has 0 bridgehead atoms. The van der Waals surface area contributed by atoms with Gasteiger partial charge in [-0.05, 0) is 32.4 Å². The first-order chi connectivity index (χ1) is 14.9. The average Bonchev–Trinajstić information content (AvgIpc) is 3.39. The number of amides is 1. The number of H-pyrrole nitrogens is 1. The molecule has 1 aliphatic rings. The van der Waals surface area contributed by atoms with Crippen molar-refractivity contribution in [2.75, 3.05) is 13.1 Å². The van der Waals surface area contributed by atoms with Crippen LogP contribution in [-0.4, -0.2) is 52.0 Å². The zero-order chi connectivity index (χ0) is 22.1. The fourth-order valence-electron chi connectivity index (χ4n) is 3.92. The number of carbonyl (C=O) groups excluding carboxylic acids is 2. The number of hydrogen-bond acceptors (Lipinski definition) is 5. The Morgan fingerprint density at radius 2 is 1.87 bits per heavy atom. The Kier molecular flexibility index (Phi) is 5.61. The molecule has 7 heteroatoms. The highest BCUT2D eigenvalue weighted by Gasteiger charge is 2.29. The zero-order valence-corrected chi connectivity index (χ0v) is 17.8. The fourth-order valence-corrected chi connectivity index (χ4v) is 3.92. The van der Waals surface area contributed by atoms with Crippen molar-refractivity contribution < 1.29 is 18.8 Å². The number of carbonyl (C=O) groups is 2. The Bertz CT molecular complexity index is 1120. The number of aromatic amines is 1. The number of rotatable bonds is 5. The highest BCUT2D eigenvalue weighted by atomic mass is 16.5. The average molecular weight is 419 g/mol. The van der Waals surface area contributed by atoms with Crippen molar-refractivity contribution in [2.24, 2.45) is 0 Å². The Hall–Kier alpha value is -3.45. The summed E-state index contributed by atoms with van der Waals surface area (Å²) in [5, 5.41) is 4.10. The summed E-state index contributed by atoms with van der Waals surface area (Å²) >= 11 is 0. The van der Waals surface area contributed by atoms with E-state index in [1.54, 1.807) is 30.2 Å². The maximum Gasteiger partial charge on any atom is 0.270 e. The van der Waals surface area contributed by atoms with E-state index in [2.05, 4.69) is 16.7 Å². The molecule has 160 valence electrons. The van der Waals surface area contributed by atoms with E-state index in [-0.39, 0.29) is 23.9 Å². The largest absolute Gasteiger partial charge is 0.372 e. The van der Waals surface area contributed by atoms with E-state index in [1.807, 2.05) is 38.1 Å². The zero-order valence-electron chi connectivity index (χ0n) is 17.8. The predicted octanol–water partition coefficient (Wildman–Crippen LogP) is 4.10. The van der Waals surface area contributed by atoms with Crippen LogP contribution < -0.4 is 0 Å². The topological polar surface area (TPSA) is 88.4 Å². The van der Waals surface area contributed by atoms with Crippen LogP contribution in [0.3, 0.4) is 0 Å². The van der Waals surface area contributed by atoms with E-state index in [1.165, 1.54) is 0 Å². The normalized spacial score (nSPS) is 18.7. The molecule has 0 saturated carbocycles. The number of benzene rings is 1. The minimum atomic E-state index is -0.249. The summed E-state index contributed by atoms with van der Waals surface area (Å²) in [7, 11) is 0. The summed E-state index contributed by atoms with van der Waals surface area (Å²) in [6.45, 7) is 10.4. The second-order valence-corrected chi connectivity index (χ2v) is 7.89. The smallest absolute Gasteiger partial charge is 0.270 e. The van der Waals surface area contributed by atoms with Crippen LogP contribution in [0.25, 0.3) is 17.3 Å². The third-order valence-electron chi connectivity index (χ3n) is 5.39. The van der Waals surface area contributed by atoms with E-state index in [0.717, 1.165) is 11.1 Å². The van der Waals surface area contributed by atoms with Gasteiger partial charge in [-0.3, -0.25) is 9.59 Å². The summed E-state index contributed by atoms with van der Waals surface area (Å²) in [5.74, 6) is 0.0293. The number of aryl methyl sites for hydroxylation is 1. The SMILES string of the molecule is C=Cc1ccc(-c2noc(C)c2C(=O)c2c[nH]c(C(=O)N3CC(C)OC(C)C3)c2)cc1. The van der Waals surface area contributed by atoms with Gasteiger partial charge in [0.1, 0.15) is 17.1 Å². The van der Waals surface area contributed by atoms with Crippen molar-refractivity contribution in [1.82, 2.24) is 15.0 Å². The molecule has 1 N–H and O–H groups in total. The monoisotopic (exact) mass is 419 g/mol. The van der Waals surface area contributed by atoms with E-state index in [0.29, 0.717) is 41.4 Å². The van der Waals surface area contributed by atoms with Crippen LogP contribution in [0.1, 0.15) is 51.6 Å². The van der Waals surface area contributed by atoms with Crippen LogP contribution in [0.5, 0.6) is 0 Å². The van der Waals surface area contributed by atoms with Gasteiger partial charge in [0, 0.05) is 30.4 Å². The summed E-state index contributed by atoms with van der Waals surface area (Å²) < 4.78 is 11.0. The third kappa shape index (κ3) is 4.09. The molecular weight excluding hydrogens is 394 g/mol. The number of morpholine rings is 1. The van der Waals surface area contributed by atoms with E-state index in [4.69, 9.17) is 9.26 Å². The van der Waals surface area contributed by atoms with Gasteiger partial charge in [0.25, 0.3) is 5.91 Å². The number of ketones is 1. The first-order valence-corrected chi connectivity index (χ1v) is 10.2. The molecule has 2 unspecified atom stereocenters. The van der Waals surface area contributed by atoms with Crippen molar-refractivity contribution >= 4 is 17.8 Å². The number of hydrogen-bond donors (Lipinski definition) is 1. The minimum Gasteiger partial charge on any atom is -0.372 e. The number of aromatic nitrogens is 2. The molecule has 1 aliphatic heterocycles. The second-order valence-electron chi connectivity index (χ2n) is 7.89. The maximum atomic E-state index is 13.3. The molecular formula is C24H25N3O4. The van der Waals surface area contributed by atoms with Crippen molar-refractivity contribution in [3.8, 4) is 11.3 Å². The fraction of sp³-hybridized carbons (Fsp3) is 0.292. The van der Waals surface area contributed by atoms with E-state index >= 15 is 0 Å². The molecule has 7 nitrogen and oxygen atoms in total. The third-order valence-corrected chi connectivity index (χ3v) is 5.39. The first kappa shape index (κ1) is 20.8. The highest BCUT2D eigenvalue weighted by molar-refractivity contribution is 6.13. The first-order valence-electron chi connectivity index (χ1n) is 10.2. The highest BCUT2D eigenvalue weighted by Crippen LogP contribution is 2.28. The number of nitrogens with one attached hydrogen (secondary N) is 1. The van der Waals surface area contributed by atoms with Crippen molar-refractivity contribution in [1.29, 1.82) is 0 Å². The molecule has 31 heavy (non-hydrogen) atoms. The quantitative estimate of drug-likeness (QED) is 0.629. The lowest BCUT2D eigenvalue weighted by Gasteiger charge is -2.35. The second kappa shape index (κ2) is 8.35. The molecule has 1 fully saturated rings. The lowest BCUT2D eigenvalue weighted by molar-refractivity contribution is -0.0587. The van der Waals surface area contributed by atoms with Gasteiger partial charge < -0.3 is 19.1 Å². The van der Waals surface area contributed by atoms with Crippen molar-refractivity contribution in [3.05, 3.63) is 71.3 Å². The van der Waals surface area contributed by atoms with Gasteiger partial charge in [-0.2, -0.15) is 0 Å². The van der Waals surface area contributed by atoms with Crippen molar-refractivity contribution in [2.45, 2.75) is 33.0 Å². The summed E-state index contributed by atoms with van der Waals surface area (Å²) in [4.78, 5) is 30.9. The molecule has 4 rings (SSSR count). The maximum absolute atomic E-state index is 13.3.